The number of benzene rings is 2. The quantitative estimate of drug-likeness (QED) is 0.134. The summed E-state index contributed by atoms with van der Waals surface area (Å²) >= 11 is 0. The van der Waals surface area contributed by atoms with E-state index >= 15 is 0 Å². The Morgan fingerprint density at radius 2 is 1.76 bits per heavy atom. The number of amides is 1. The maximum atomic E-state index is 12.8. The summed E-state index contributed by atoms with van der Waals surface area (Å²) in [5.41, 5.74) is 5.77. The lowest BCUT2D eigenvalue weighted by Crippen LogP contribution is -2.42. The fourth-order valence-electron chi connectivity index (χ4n) is 4.39. The lowest BCUT2D eigenvalue weighted by molar-refractivity contribution is -0.141. The molecule has 1 unspecified atom stereocenters. The van der Waals surface area contributed by atoms with E-state index in [0.29, 0.717) is 24.6 Å². The fraction of sp³-hybridized carbons (Fsp3) is 0.240. The van der Waals surface area contributed by atoms with Crippen LogP contribution >= 0.6 is 0 Å². The minimum atomic E-state index is -4.80. The Hall–Kier alpha value is -5.16. The molecular formula is C25H27N7O9S. The van der Waals surface area contributed by atoms with Crippen molar-refractivity contribution >= 4 is 51.1 Å². The molecule has 0 bridgehead atoms. The van der Waals surface area contributed by atoms with E-state index in [1.807, 2.05) is 0 Å². The molecule has 10 N–H and O–H groups in total. The number of nitrogens with zero attached hydrogens (tertiary/aromatic N) is 1. The minimum Gasteiger partial charge on any atom is -0.481 e. The molecule has 0 saturated heterocycles. The number of aliphatic carboxylic acids is 2. The third-order valence-electron chi connectivity index (χ3n) is 6.45. The molecule has 4 rings (SSSR count). The van der Waals surface area contributed by atoms with Crippen molar-refractivity contribution in [2.24, 2.45) is 0 Å². The molecule has 3 atom stereocenters. The largest absolute Gasteiger partial charge is 0.481 e. The lowest BCUT2D eigenvalue weighted by atomic mass is 9.92. The Kier molecular flexibility index (Phi) is 8.62. The van der Waals surface area contributed by atoms with Gasteiger partial charge in [-0.1, -0.05) is 18.2 Å². The molecule has 16 nitrogen and oxygen atoms in total. The first-order chi connectivity index (χ1) is 19.8. The van der Waals surface area contributed by atoms with Crippen molar-refractivity contribution in [3.05, 3.63) is 70.0 Å². The van der Waals surface area contributed by atoms with Crippen molar-refractivity contribution < 1.29 is 37.6 Å². The number of aromatic nitrogens is 2. The zero-order chi connectivity index (χ0) is 30.6. The van der Waals surface area contributed by atoms with Crippen LogP contribution in [0, 0.1) is 0 Å². The van der Waals surface area contributed by atoms with Crippen LogP contribution in [-0.2, 0) is 19.7 Å². The monoisotopic (exact) mass is 601 g/mol. The van der Waals surface area contributed by atoms with Gasteiger partial charge in [-0.25, -0.2) is 4.79 Å². The van der Waals surface area contributed by atoms with Crippen molar-refractivity contribution in [2.45, 2.75) is 29.3 Å². The Labute approximate surface area is 238 Å². The topological polar surface area (TPSA) is 266 Å². The lowest BCUT2D eigenvalue weighted by Gasteiger charge is -2.27. The average molecular weight is 602 g/mol. The molecule has 0 aliphatic carbocycles. The van der Waals surface area contributed by atoms with Crippen molar-refractivity contribution in [1.29, 1.82) is 0 Å². The summed E-state index contributed by atoms with van der Waals surface area (Å²) in [6, 6.07) is 8.88. The number of nitrogens with two attached hydrogens (primary N) is 1. The second-order valence-electron chi connectivity index (χ2n) is 9.36. The third kappa shape index (κ3) is 6.94. The summed E-state index contributed by atoms with van der Waals surface area (Å²) in [6.45, 7) is 0.823. The number of hydrogen-bond donors (Lipinski definition) is 9. The Morgan fingerprint density at radius 1 is 1.07 bits per heavy atom. The van der Waals surface area contributed by atoms with Gasteiger partial charge < -0.3 is 37.2 Å². The molecule has 3 aromatic rings. The van der Waals surface area contributed by atoms with E-state index in [1.165, 1.54) is 24.3 Å². The van der Waals surface area contributed by atoms with Gasteiger partial charge >= 0.3 is 11.9 Å². The summed E-state index contributed by atoms with van der Waals surface area (Å²) < 4.78 is 33.0. The SMILES string of the molecule is Nc1nc2c(c(=O)[nH]1)N[C@@H](CNc1ccc(C(=O)N[C@@H](CC(C(=O)O)c3ccccc3S(=O)(=O)O)C(=O)O)cc1)CN2. The standard InChI is InChI=1S/C25H27N7O9S/c26-25-31-20-19(22(34)32-25)29-14(11-28-20)10-27-13-7-5-12(6-8-13)21(33)30-17(24(37)38)9-16(23(35)36)15-3-1-2-4-18(15)42(39,40)41/h1-8,14,16-17,27,29H,9-11H2,(H,30,33)(H,35,36)(H,37,38)(H,39,40,41)(H4,26,28,31,32,34)/t14-,16?,17-/m0/s1. The molecule has 0 radical (unpaired) electrons. The van der Waals surface area contributed by atoms with Gasteiger partial charge in [-0.3, -0.25) is 23.9 Å². The van der Waals surface area contributed by atoms with E-state index in [4.69, 9.17) is 5.73 Å². The van der Waals surface area contributed by atoms with Crippen LogP contribution in [0.25, 0.3) is 0 Å². The van der Waals surface area contributed by atoms with Crippen LogP contribution < -0.4 is 32.6 Å². The highest BCUT2D eigenvalue weighted by Crippen LogP contribution is 2.28. The molecule has 1 aliphatic heterocycles. The second-order valence-corrected chi connectivity index (χ2v) is 10.7. The Morgan fingerprint density at radius 3 is 2.40 bits per heavy atom. The van der Waals surface area contributed by atoms with Crippen LogP contribution in [0.1, 0.15) is 28.3 Å². The van der Waals surface area contributed by atoms with Gasteiger partial charge in [0.2, 0.25) is 5.95 Å². The number of aromatic amines is 1. The number of nitrogens with one attached hydrogen (secondary N) is 5. The predicted octanol–water partition coefficient (Wildman–Crippen LogP) is 0.358. The zero-order valence-electron chi connectivity index (χ0n) is 21.7. The average Bonchev–Trinajstić information content (AvgIpc) is 2.93. The van der Waals surface area contributed by atoms with Gasteiger partial charge in [0, 0.05) is 24.3 Å². The van der Waals surface area contributed by atoms with E-state index in [-0.39, 0.29) is 28.8 Å². The third-order valence-corrected chi connectivity index (χ3v) is 7.37. The van der Waals surface area contributed by atoms with Crippen molar-refractivity contribution in [2.75, 3.05) is 34.8 Å². The van der Waals surface area contributed by atoms with Crippen molar-refractivity contribution in [3.8, 4) is 0 Å². The van der Waals surface area contributed by atoms with Gasteiger partial charge in [0.25, 0.3) is 21.6 Å². The number of carboxylic acid groups (broad SMARTS) is 2. The van der Waals surface area contributed by atoms with Crippen LogP contribution in [0.3, 0.4) is 0 Å². The van der Waals surface area contributed by atoms with Gasteiger partial charge in [-0.05, 0) is 42.3 Å². The highest BCUT2D eigenvalue weighted by atomic mass is 32.2. The van der Waals surface area contributed by atoms with Crippen LogP contribution in [0.15, 0.2) is 58.2 Å². The molecule has 1 amide bonds. The molecular weight excluding hydrogens is 574 g/mol. The van der Waals surface area contributed by atoms with E-state index in [0.717, 1.165) is 12.1 Å². The normalized spacial score (nSPS) is 15.7. The summed E-state index contributed by atoms with van der Waals surface area (Å²) in [7, 11) is -4.80. The molecule has 2 aromatic carbocycles. The Balaban J connectivity index is 1.40. The van der Waals surface area contributed by atoms with Crippen molar-refractivity contribution in [1.82, 2.24) is 15.3 Å². The van der Waals surface area contributed by atoms with Gasteiger partial charge in [-0.15, -0.1) is 0 Å². The predicted molar refractivity (Wildman–Crippen MR) is 150 cm³/mol. The molecule has 17 heteroatoms. The number of carboxylic acids is 2. The first-order valence-electron chi connectivity index (χ1n) is 12.4. The number of nitrogen functional groups attached to an aromatic ring is 1. The first kappa shape index (κ1) is 29.8. The molecule has 0 saturated carbocycles. The number of rotatable bonds is 11. The summed E-state index contributed by atoms with van der Waals surface area (Å²) in [5.74, 6) is -5.22. The van der Waals surface area contributed by atoms with Gasteiger partial charge in [0.05, 0.1) is 16.9 Å². The number of carbonyl (C=O) groups is 3. The van der Waals surface area contributed by atoms with Gasteiger partial charge in [0.15, 0.2) is 5.82 Å². The first-order valence-corrected chi connectivity index (χ1v) is 13.8. The minimum absolute atomic E-state index is 0.00684. The second kappa shape index (κ2) is 12.1. The summed E-state index contributed by atoms with van der Waals surface area (Å²) in [6.07, 6.45) is -0.695. The maximum Gasteiger partial charge on any atom is 0.326 e. The van der Waals surface area contributed by atoms with E-state index in [2.05, 4.69) is 31.2 Å². The molecule has 1 aromatic heterocycles. The van der Waals surface area contributed by atoms with E-state index < -0.39 is 56.8 Å². The highest BCUT2D eigenvalue weighted by Gasteiger charge is 2.33. The number of anilines is 4. The Bertz CT molecular complexity index is 1680. The molecule has 1 aliphatic rings. The zero-order valence-corrected chi connectivity index (χ0v) is 22.5. The maximum absolute atomic E-state index is 12.8. The molecule has 222 valence electrons. The molecule has 0 spiro atoms. The van der Waals surface area contributed by atoms with E-state index in [1.54, 1.807) is 12.1 Å². The van der Waals surface area contributed by atoms with Crippen LogP contribution in [-0.4, -0.2) is 76.2 Å². The molecule has 0 fully saturated rings. The number of fused-ring (bicyclic) bond motifs is 1. The van der Waals surface area contributed by atoms with Gasteiger partial charge in [-0.2, -0.15) is 13.4 Å². The number of hydrogen-bond acceptors (Lipinski definition) is 11. The van der Waals surface area contributed by atoms with Crippen LogP contribution in [0.5, 0.6) is 0 Å². The molecule has 42 heavy (non-hydrogen) atoms. The van der Waals surface area contributed by atoms with Crippen LogP contribution in [0.2, 0.25) is 0 Å². The fourth-order valence-corrected chi connectivity index (χ4v) is 5.15. The summed E-state index contributed by atoms with van der Waals surface area (Å²) in [4.78, 5) is 54.6. The molecule has 2 heterocycles. The summed E-state index contributed by atoms with van der Waals surface area (Å²) in [5, 5.41) is 30.9. The number of H-pyrrole nitrogens is 1. The van der Waals surface area contributed by atoms with Crippen LogP contribution in [0.4, 0.5) is 23.1 Å². The smallest absolute Gasteiger partial charge is 0.326 e. The van der Waals surface area contributed by atoms with Gasteiger partial charge in [0.1, 0.15) is 11.7 Å². The highest BCUT2D eigenvalue weighted by molar-refractivity contribution is 7.85. The van der Waals surface area contributed by atoms with Crippen molar-refractivity contribution in [3.63, 3.8) is 0 Å². The number of carbonyl (C=O) groups excluding carboxylic acids is 1. The van der Waals surface area contributed by atoms with E-state index in [9.17, 15) is 42.4 Å².